The molecule has 1 fully saturated rings. The van der Waals surface area contributed by atoms with Crippen LogP contribution in [0.3, 0.4) is 0 Å². The van der Waals surface area contributed by atoms with Gasteiger partial charge in [0, 0.05) is 12.1 Å². The van der Waals surface area contributed by atoms with Gasteiger partial charge in [-0.1, -0.05) is 0 Å². The Morgan fingerprint density at radius 3 is 2.50 bits per heavy atom. The summed E-state index contributed by atoms with van der Waals surface area (Å²) in [4.78, 5) is 10.0. The molecule has 0 radical (unpaired) electrons. The number of nitrogens with one attached hydrogen (secondary N) is 1. The zero-order valence-electron chi connectivity index (χ0n) is 6.23. The van der Waals surface area contributed by atoms with E-state index >= 15 is 0 Å². The number of carboxylic acid groups (broad SMARTS) is 1. The second-order valence-corrected chi connectivity index (χ2v) is 4.53. The molecule has 0 bridgehead atoms. The highest BCUT2D eigenvalue weighted by Crippen LogP contribution is 2.18. The van der Waals surface area contributed by atoms with Crippen LogP contribution in [0.1, 0.15) is 6.42 Å². The van der Waals surface area contributed by atoms with Gasteiger partial charge in [-0.25, -0.2) is 13.1 Å². The summed E-state index contributed by atoms with van der Waals surface area (Å²) >= 11 is 0. The number of hydrogen-bond donors (Lipinski definition) is 3. The van der Waals surface area contributed by atoms with E-state index in [1.54, 1.807) is 0 Å². The third-order valence-corrected chi connectivity index (χ3v) is 2.77. The van der Waals surface area contributed by atoms with Gasteiger partial charge in [0.25, 0.3) is 0 Å². The number of rotatable bonds is 4. The molecule has 2 unspecified atom stereocenters. The van der Waals surface area contributed by atoms with Crippen molar-refractivity contribution in [2.75, 3.05) is 5.75 Å². The van der Waals surface area contributed by atoms with Crippen molar-refractivity contribution in [2.45, 2.75) is 18.5 Å². The summed E-state index contributed by atoms with van der Waals surface area (Å²) < 4.78 is 24.0. The van der Waals surface area contributed by atoms with E-state index in [0.717, 1.165) is 0 Å². The summed E-state index contributed by atoms with van der Waals surface area (Å²) in [7, 11) is -3.68. The first-order valence-corrected chi connectivity index (χ1v) is 5.03. The van der Waals surface area contributed by atoms with Crippen LogP contribution in [0.25, 0.3) is 0 Å². The van der Waals surface area contributed by atoms with Crippen LogP contribution in [-0.4, -0.2) is 37.3 Å². The zero-order valence-corrected chi connectivity index (χ0v) is 7.04. The molecule has 7 heteroatoms. The monoisotopic (exact) mass is 194 g/mol. The van der Waals surface area contributed by atoms with Crippen molar-refractivity contribution in [1.29, 1.82) is 0 Å². The lowest BCUT2D eigenvalue weighted by atomic mass is 10.7. The lowest BCUT2D eigenvalue weighted by molar-refractivity contribution is -0.134. The van der Waals surface area contributed by atoms with Crippen LogP contribution in [-0.2, 0) is 14.8 Å². The average Bonchev–Trinajstić information content (AvgIpc) is 2.40. The predicted molar refractivity (Wildman–Crippen MR) is 40.9 cm³/mol. The minimum absolute atomic E-state index is 0.159. The van der Waals surface area contributed by atoms with Gasteiger partial charge in [-0.15, -0.1) is 0 Å². The quantitative estimate of drug-likeness (QED) is 0.483. The van der Waals surface area contributed by atoms with Gasteiger partial charge in [-0.2, -0.15) is 0 Å². The van der Waals surface area contributed by atoms with E-state index in [1.165, 1.54) is 0 Å². The molecule has 0 spiro atoms. The molecule has 0 heterocycles. The van der Waals surface area contributed by atoms with Crippen LogP contribution in [0, 0.1) is 0 Å². The van der Waals surface area contributed by atoms with Gasteiger partial charge in [0.15, 0.2) is 5.75 Å². The van der Waals surface area contributed by atoms with Gasteiger partial charge in [0.05, 0.1) is 0 Å². The Kier molecular flexibility index (Phi) is 2.36. The van der Waals surface area contributed by atoms with Gasteiger partial charge in [0.1, 0.15) is 0 Å². The second kappa shape index (κ2) is 3.00. The molecule has 0 saturated heterocycles. The largest absolute Gasteiger partial charge is 0.480 e. The summed E-state index contributed by atoms with van der Waals surface area (Å²) in [5.41, 5.74) is 5.33. The normalized spacial score (nSPS) is 28.4. The Bertz CT molecular complexity index is 286. The molecule has 0 aromatic rings. The van der Waals surface area contributed by atoms with Gasteiger partial charge in [-0.3, -0.25) is 4.79 Å². The molecule has 6 nitrogen and oxygen atoms in total. The highest BCUT2D eigenvalue weighted by Gasteiger charge is 2.37. The number of carboxylic acids is 1. The molecule has 1 saturated carbocycles. The van der Waals surface area contributed by atoms with E-state index in [2.05, 4.69) is 4.72 Å². The van der Waals surface area contributed by atoms with Gasteiger partial charge in [0.2, 0.25) is 10.0 Å². The van der Waals surface area contributed by atoms with Crippen LogP contribution in [0.15, 0.2) is 0 Å². The third kappa shape index (κ3) is 2.76. The maximum atomic E-state index is 10.9. The summed E-state index contributed by atoms with van der Waals surface area (Å²) in [6, 6.07) is -0.428. The number of carbonyl (C=O) groups is 1. The van der Waals surface area contributed by atoms with Crippen molar-refractivity contribution in [3.63, 3.8) is 0 Å². The average molecular weight is 194 g/mol. The summed E-state index contributed by atoms with van der Waals surface area (Å²) in [5, 5.41) is 8.20. The Hall–Kier alpha value is -0.660. The molecule has 4 N–H and O–H groups in total. The van der Waals surface area contributed by atoms with Gasteiger partial charge in [-0.05, 0) is 6.42 Å². The highest BCUT2D eigenvalue weighted by molar-refractivity contribution is 7.90. The molecule has 0 amide bonds. The van der Waals surface area contributed by atoms with E-state index in [0.29, 0.717) is 6.42 Å². The first-order chi connectivity index (χ1) is 5.41. The highest BCUT2D eigenvalue weighted by atomic mass is 32.2. The molecule has 0 aromatic carbocycles. The fourth-order valence-corrected chi connectivity index (χ4v) is 1.93. The smallest absolute Gasteiger partial charge is 0.320 e. The number of hydrogen-bond acceptors (Lipinski definition) is 4. The van der Waals surface area contributed by atoms with Crippen molar-refractivity contribution in [3.8, 4) is 0 Å². The van der Waals surface area contributed by atoms with Crippen molar-refractivity contribution >= 4 is 16.0 Å². The third-order valence-electron chi connectivity index (χ3n) is 1.48. The maximum Gasteiger partial charge on any atom is 0.320 e. The van der Waals surface area contributed by atoms with Crippen molar-refractivity contribution in [2.24, 2.45) is 5.73 Å². The van der Waals surface area contributed by atoms with Crippen molar-refractivity contribution < 1.29 is 18.3 Å². The van der Waals surface area contributed by atoms with Gasteiger partial charge >= 0.3 is 5.97 Å². The maximum absolute atomic E-state index is 10.9. The van der Waals surface area contributed by atoms with Crippen LogP contribution in [0.4, 0.5) is 0 Å². The summed E-state index contributed by atoms with van der Waals surface area (Å²) in [5.74, 6) is -2.26. The molecule has 1 aliphatic rings. The van der Waals surface area contributed by atoms with Crippen molar-refractivity contribution in [3.05, 3.63) is 0 Å². The van der Waals surface area contributed by atoms with E-state index in [4.69, 9.17) is 10.8 Å². The number of sulfonamides is 1. The molecule has 1 aliphatic carbocycles. The van der Waals surface area contributed by atoms with E-state index in [9.17, 15) is 13.2 Å². The molecule has 0 aliphatic heterocycles. The fraction of sp³-hybridized carbons (Fsp3) is 0.800. The molecule has 0 aromatic heterocycles. The minimum Gasteiger partial charge on any atom is -0.480 e. The van der Waals surface area contributed by atoms with E-state index in [-0.39, 0.29) is 12.1 Å². The lowest BCUT2D eigenvalue weighted by Crippen LogP contribution is -2.34. The van der Waals surface area contributed by atoms with Crippen molar-refractivity contribution in [1.82, 2.24) is 4.72 Å². The summed E-state index contributed by atoms with van der Waals surface area (Å²) in [6.45, 7) is 0. The Morgan fingerprint density at radius 1 is 1.67 bits per heavy atom. The first kappa shape index (κ1) is 9.43. The van der Waals surface area contributed by atoms with Crippen LogP contribution in [0.2, 0.25) is 0 Å². The molecule has 2 atom stereocenters. The molecular weight excluding hydrogens is 184 g/mol. The molecular formula is C5H10N2O4S. The van der Waals surface area contributed by atoms with E-state index < -0.39 is 21.7 Å². The topological polar surface area (TPSA) is 109 Å². The molecule has 70 valence electrons. The number of aliphatic carboxylic acids is 1. The standard InChI is InChI=1S/C5H10N2O4S/c6-3-1-4(3)7-12(10,11)2-5(8)9/h3-4,7H,1-2,6H2,(H,8,9). The zero-order chi connectivity index (χ0) is 9.35. The Morgan fingerprint density at radius 2 is 2.17 bits per heavy atom. The molecule has 1 rings (SSSR count). The summed E-state index contributed by atoms with van der Waals surface area (Å²) in [6.07, 6.45) is 0.582. The Labute approximate surface area is 69.8 Å². The number of nitrogens with two attached hydrogens (primary N) is 1. The van der Waals surface area contributed by atoms with Crippen LogP contribution < -0.4 is 10.5 Å². The van der Waals surface area contributed by atoms with Crippen LogP contribution >= 0.6 is 0 Å². The second-order valence-electron chi connectivity index (χ2n) is 2.78. The predicted octanol–water partition coefficient (Wildman–Crippen LogP) is -1.91. The minimum atomic E-state index is -3.68. The SMILES string of the molecule is NC1CC1NS(=O)(=O)CC(=O)O. The fourth-order valence-electron chi connectivity index (χ4n) is 0.785. The van der Waals surface area contributed by atoms with E-state index in [1.807, 2.05) is 0 Å². The van der Waals surface area contributed by atoms with Gasteiger partial charge < -0.3 is 10.8 Å². The lowest BCUT2D eigenvalue weighted by Gasteiger charge is -2.01. The van der Waals surface area contributed by atoms with Crippen LogP contribution in [0.5, 0.6) is 0 Å². The molecule has 12 heavy (non-hydrogen) atoms. The first-order valence-electron chi connectivity index (χ1n) is 3.38. The Balaban J connectivity index is 2.44.